The van der Waals surface area contributed by atoms with Gasteiger partial charge in [0.1, 0.15) is 5.60 Å². The number of quaternary nitrogens is 1. The monoisotopic (exact) mass is 505 g/mol. The summed E-state index contributed by atoms with van der Waals surface area (Å²) in [6.07, 6.45) is 7.37. The Hall–Kier alpha value is -0.910. The van der Waals surface area contributed by atoms with Crippen LogP contribution in [0.25, 0.3) is 0 Å². The van der Waals surface area contributed by atoms with Crippen LogP contribution in [0.4, 0.5) is 0 Å². The minimum Gasteiger partial charge on any atom is -1.00 e. The number of piperidine rings is 2. The van der Waals surface area contributed by atoms with Crippen molar-refractivity contribution in [2.75, 3.05) is 14.1 Å². The first-order valence-electron chi connectivity index (χ1n) is 11.0. The fraction of sp³-hybridized carbons (Fsp3) is 0.538. The molecule has 2 heterocycles. The molecule has 29 heavy (non-hydrogen) atoms. The average Bonchev–Trinajstić information content (AvgIpc) is 2.63. The van der Waals surface area contributed by atoms with E-state index in [9.17, 15) is 5.11 Å². The first kappa shape index (κ1) is 22.8. The van der Waals surface area contributed by atoms with Gasteiger partial charge in [-0.3, -0.25) is 0 Å². The van der Waals surface area contributed by atoms with Crippen molar-refractivity contribution in [2.24, 2.45) is 5.92 Å². The standard InChI is InChI=1S/C26H36NO.HI/c1-19-10-5-7-14-24(19)26(28,25-15-8-6-11-20(25)2)18-21-16-22-12-9-13-23(17-21)27(22,3)4;/h5-8,10-11,14-15,21-23,28H,9,12-13,16-18H2,1-4H3;1H/q+1;/p-1. The molecule has 0 aromatic heterocycles. The van der Waals surface area contributed by atoms with Gasteiger partial charge in [-0.25, -0.2) is 0 Å². The van der Waals surface area contributed by atoms with Gasteiger partial charge in [0.2, 0.25) is 0 Å². The smallest absolute Gasteiger partial charge is 0.115 e. The molecule has 2 nitrogen and oxygen atoms in total. The second kappa shape index (κ2) is 8.68. The third-order valence-corrected chi connectivity index (χ3v) is 7.93. The second-order valence-electron chi connectivity index (χ2n) is 9.90. The van der Waals surface area contributed by atoms with Gasteiger partial charge in [-0.2, -0.15) is 0 Å². The van der Waals surface area contributed by atoms with E-state index in [1.165, 1.54) is 47.7 Å². The molecule has 2 fully saturated rings. The van der Waals surface area contributed by atoms with Crippen molar-refractivity contribution in [1.29, 1.82) is 0 Å². The number of aliphatic hydroxyl groups is 1. The Labute approximate surface area is 193 Å². The number of rotatable bonds is 4. The first-order chi connectivity index (χ1) is 13.3. The van der Waals surface area contributed by atoms with Crippen molar-refractivity contribution < 1.29 is 33.6 Å². The molecule has 0 spiro atoms. The van der Waals surface area contributed by atoms with Gasteiger partial charge in [-0.1, -0.05) is 48.5 Å². The zero-order valence-electron chi connectivity index (χ0n) is 18.4. The quantitative estimate of drug-likeness (QED) is 0.500. The molecule has 2 aromatic rings. The Morgan fingerprint density at radius 3 is 1.76 bits per heavy atom. The van der Waals surface area contributed by atoms with Crippen LogP contribution < -0.4 is 24.0 Å². The van der Waals surface area contributed by atoms with E-state index in [0.717, 1.165) is 29.6 Å². The summed E-state index contributed by atoms with van der Waals surface area (Å²) in [5, 5.41) is 12.3. The Morgan fingerprint density at radius 1 is 0.862 bits per heavy atom. The van der Waals surface area contributed by atoms with Crippen molar-refractivity contribution in [3.05, 3.63) is 70.8 Å². The predicted octanol–water partition coefficient (Wildman–Crippen LogP) is 2.34. The fourth-order valence-electron chi connectivity index (χ4n) is 6.22. The highest BCUT2D eigenvalue weighted by Gasteiger charge is 2.48. The molecule has 1 N–H and O–H groups in total. The molecule has 2 atom stereocenters. The third kappa shape index (κ3) is 4.15. The highest BCUT2D eigenvalue weighted by atomic mass is 127. The largest absolute Gasteiger partial charge is 1.00 e. The maximum absolute atomic E-state index is 12.3. The molecule has 0 aliphatic carbocycles. The number of halogens is 1. The highest BCUT2D eigenvalue weighted by molar-refractivity contribution is 5.43. The molecule has 2 aliphatic heterocycles. The summed E-state index contributed by atoms with van der Waals surface area (Å²) in [6.45, 7) is 4.27. The van der Waals surface area contributed by atoms with Crippen LogP contribution in [0.15, 0.2) is 48.5 Å². The van der Waals surface area contributed by atoms with Crippen molar-refractivity contribution in [2.45, 2.75) is 70.1 Å². The van der Waals surface area contributed by atoms with Crippen LogP contribution in [0, 0.1) is 19.8 Å². The molecule has 2 saturated heterocycles. The molecule has 158 valence electrons. The van der Waals surface area contributed by atoms with Crippen LogP contribution in [-0.4, -0.2) is 35.8 Å². The van der Waals surface area contributed by atoms with E-state index in [1.807, 2.05) is 0 Å². The van der Waals surface area contributed by atoms with Gasteiger partial charge in [0.05, 0.1) is 26.2 Å². The molecule has 0 amide bonds. The lowest BCUT2D eigenvalue weighted by atomic mass is 9.69. The van der Waals surface area contributed by atoms with Gasteiger partial charge in [0, 0.05) is 12.8 Å². The van der Waals surface area contributed by atoms with Crippen LogP contribution in [-0.2, 0) is 5.60 Å². The van der Waals surface area contributed by atoms with E-state index in [0.29, 0.717) is 5.92 Å². The van der Waals surface area contributed by atoms with Gasteiger partial charge in [0.25, 0.3) is 0 Å². The first-order valence-corrected chi connectivity index (χ1v) is 11.0. The van der Waals surface area contributed by atoms with Gasteiger partial charge in [-0.15, -0.1) is 0 Å². The number of nitrogens with zero attached hydrogens (tertiary/aromatic N) is 1. The topological polar surface area (TPSA) is 20.2 Å². The molecular weight excluding hydrogens is 469 g/mol. The van der Waals surface area contributed by atoms with E-state index in [4.69, 9.17) is 0 Å². The van der Waals surface area contributed by atoms with Crippen molar-refractivity contribution >= 4 is 0 Å². The molecule has 2 unspecified atom stereocenters. The van der Waals surface area contributed by atoms with Gasteiger partial charge < -0.3 is 33.6 Å². The molecular formula is C26H36INO. The summed E-state index contributed by atoms with van der Waals surface area (Å²) >= 11 is 0. The van der Waals surface area contributed by atoms with Crippen LogP contribution in [0.2, 0.25) is 0 Å². The van der Waals surface area contributed by atoms with E-state index in [-0.39, 0.29) is 24.0 Å². The molecule has 4 rings (SSSR count). The summed E-state index contributed by atoms with van der Waals surface area (Å²) < 4.78 is 1.18. The zero-order valence-corrected chi connectivity index (χ0v) is 20.5. The number of fused-ring (bicyclic) bond motifs is 2. The Bertz CT molecular complexity index is 785. The van der Waals surface area contributed by atoms with E-state index >= 15 is 0 Å². The molecule has 2 aliphatic rings. The van der Waals surface area contributed by atoms with Crippen molar-refractivity contribution in [3.8, 4) is 0 Å². The van der Waals surface area contributed by atoms with Crippen LogP contribution in [0.1, 0.15) is 60.8 Å². The lowest BCUT2D eigenvalue weighted by Gasteiger charge is -2.54. The summed E-state index contributed by atoms with van der Waals surface area (Å²) in [6, 6.07) is 18.3. The Balaban J connectivity index is 0.00000240. The van der Waals surface area contributed by atoms with Crippen LogP contribution in [0.5, 0.6) is 0 Å². The highest BCUT2D eigenvalue weighted by Crippen LogP contribution is 2.46. The summed E-state index contributed by atoms with van der Waals surface area (Å²) in [7, 11) is 4.86. The number of hydrogen-bond acceptors (Lipinski definition) is 1. The number of benzene rings is 2. The molecule has 0 radical (unpaired) electrons. The fourth-order valence-corrected chi connectivity index (χ4v) is 6.22. The zero-order chi connectivity index (χ0) is 19.9. The molecule has 0 saturated carbocycles. The van der Waals surface area contributed by atoms with Gasteiger partial charge in [-0.05, 0) is 67.7 Å². The Morgan fingerprint density at radius 2 is 1.31 bits per heavy atom. The normalized spacial score (nSPS) is 25.9. The van der Waals surface area contributed by atoms with Gasteiger partial charge in [0.15, 0.2) is 0 Å². The number of hydrogen-bond donors (Lipinski definition) is 1. The van der Waals surface area contributed by atoms with Crippen LogP contribution in [0.3, 0.4) is 0 Å². The summed E-state index contributed by atoms with van der Waals surface area (Å²) in [4.78, 5) is 0. The third-order valence-electron chi connectivity index (χ3n) is 7.93. The van der Waals surface area contributed by atoms with E-state index < -0.39 is 5.60 Å². The summed E-state index contributed by atoms with van der Waals surface area (Å²) in [5.41, 5.74) is 3.60. The average molecular weight is 505 g/mol. The predicted molar refractivity (Wildman–Crippen MR) is 116 cm³/mol. The van der Waals surface area contributed by atoms with E-state index in [1.54, 1.807) is 0 Å². The Kier molecular flexibility index (Phi) is 6.82. The van der Waals surface area contributed by atoms with Crippen LogP contribution >= 0.6 is 0 Å². The lowest BCUT2D eigenvalue weighted by molar-refractivity contribution is -0.950. The van der Waals surface area contributed by atoms with Gasteiger partial charge >= 0.3 is 0 Å². The minimum absolute atomic E-state index is 0. The minimum atomic E-state index is -0.913. The molecule has 2 aromatic carbocycles. The molecule has 2 bridgehead atoms. The van der Waals surface area contributed by atoms with Crippen molar-refractivity contribution in [3.63, 3.8) is 0 Å². The lowest BCUT2D eigenvalue weighted by Crippen LogP contribution is -3.00. The molecule has 3 heteroatoms. The maximum Gasteiger partial charge on any atom is 0.115 e. The van der Waals surface area contributed by atoms with E-state index in [2.05, 4.69) is 76.5 Å². The summed E-state index contributed by atoms with van der Waals surface area (Å²) in [5.74, 6) is 0.575. The maximum atomic E-state index is 12.3. The van der Waals surface area contributed by atoms with Crippen molar-refractivity contribution in [1.82, 2.24) is 0 Å². The SMILES string of the molecule is Cc1ccccc1C(O)(CC1CC2CCCC(C1)[N+]2(C)C)c1ccccc1C.[I-]. The number of aryl methyl sites for hydroxylation is 2. The second-order valence-corrected chi connectivity index (χ2v) is 9.90.